The van der Waals surface area contributed by atoms with Gasteiger partial charge < -0.3 is 4.52 Å². The van der Waals surface area contributed by atoms with Crippen LogP contribution in [0.15, 0.2) is 4.52 Å². The average molecular weight is 193 g/mol. The Morgan fingerprint density at radius 3 is 2.57 bits per heavy atom. The number of ketones is 1. The second-order valence-electron chi connectivity index (χ2n) is 4.30. The van der Waals surface area contributed by atoms with Crippen LogP contribution in [0.3, 0.4) is 0 Å². The van der Waals surface area contributed by atoms with Crippen molar-refractivity contribution in [1.82, 2.24) is 5.16 Å². The summed E-state index contributed by atoms with van der Waals surface area (Å²) in [5.74, 6) is 1.34. The lowest BCUT2D eigenvalue weighted by Gasteiger charge is -2.02. The Kier molecular flexibility index (Phi) is 2.17. The number of rotatable bonds is 3. The molecule has 1 heterocycles. The first-order valence-corrected chi connectivity index (χ1v) is 5.11. The molecule has 1 aromatic heterocycles. The maximum Gasteiger partial charge on any atom is 0.205 e. The molecule has 0 unspecified atom stereocenters. The van der Waals surface area contributed by atoms with Crippen LogP contribution < -0.4 is 0 Å². The molecule has 0 bridgehead atoms. The molecule has 0 amide bonds. The van der Waals surface area contributed by atoms with Crippen molar-refractivity contribution in [1.29, 1.82) is 0 Å². The monoisotopic (exact) mass is 193 g/mol. The number of carbonyl (C=O) groups is 1. The van der Waals surface area contributed by atoms with E-state index >= 15 is 0 Å². The van der Waals surface area contributed by atoms with Gasteiger partial charge in [-0.25, -0.2) is 0 Å². The topological polar surface area (TPSA) is 43.1 Å². The van der Waals surface area contributed by atoms with Gasteiger partial charge in [-0.3, -0.25) is 4.79 Å². The summed E-state index contributed by atoms with van der Waals surface area (Å²) in [5.41, 5.74) is 2.05. The van der Waals surface area contributed by atoms with Crippen molar-refractivity contribution in [3.05, 3.63) is 17.0 Å². The minimum Gasteiger partial charge on any atom is -0.353 e. The first-order chi connectivity index (χ1) is 6.61. The lowest BCUT2D eigenvalue weighted by Crippen LogP contribution is -1.98. The third-order valence-corrected chi connectivity index (χ3v) is 2.61. The van der Waals surface area contributed by atoms with E-state index in [4.69, 9.17) is 4.52 Å². The highest BCUT2D eigenvalue weighted by Gasteiger charge is 2.34. The maximum atomic E-state index is 11.3. The molecule has 76 valence electrons. The van der Waals surface area contributed by atoms with Crippen molar-refractivity contribution >= 4 is 5.78 Å². The fourth-order valence-electron chi connectivity index (χ4n) is 1.75. The quantitative estimate of drug-likeness (QED) is 0.693. The summed E-state index contributed by atoms with van der Waals surface area (Å²) in [4.78, 5) is 11.3. The van der Waals surface area contributed by atoms with Gasteiger partial charge in [0.15, 0.2) is 5.78 Å². The summed E-state index contributed by atoms with van der Waals surface area (Å²) >= 11 is 0. The predicted octanol–water partition coefficient (Wildman–Crippen LogP) is 2.88. The first-order valence-electron chi connectivity index (χ1n) is 5.11. The van der Waals surface area contributed by atoms with Gasteiger partial charge in [0.2, 0.25) is 5.76 Å². The Morgan fingerprint density at radius 2 is 2.14 bits per heavy atom. The fourth-order valence-corrected chi connectivity index (χ4v) is 1.75. The van der Waals surface area contributed by atoms with E-state index in [0.717, 1.165) is 11.3 Å². The smallest absolute Gasteiger partial charge is 0.205 e. The van der Waals surface area contributed by atoms with Gasteiger partial charge in [0.05, 0.1) is 5.69 Å². The van der Waals surface area contributed by atoms with Crippen molar-refractivity contribution < 1.29 is 9.32 Å². The van der Waals surface area contributed by atoms with E-state index in [2.05, 4.69) is 19.0 Å². The second-order valence-corrected chi connectivity index (χ2v) is 4.30. The standard InChI is InChI=1S/C11H15NO2/c1-6(2)10-9(8-4-5-8)11(7(3)13)14-12-10/h6,8H,4-5H2,1-3H3. The van der Waals surface area contributed by atoms with Gasteiger partial charge in [0, 0.05) is 12.5 Å². The van der Waals surface area contributed by atoms with E-state index < -0.39 is 0 Å². The lowest BCUT2D eigenvalue weighted by molar-refractivity contribution is 0.0977. The zero-order valence-corrected chi connectivity index (χ0v) is 8.83. The molecule has 3 heteroatoms. The van der Waals surface area contributed by atoms with E-state index in [1.165, 1.54) is 19.8 Å². The van der Waals surface area contributed by atoms with Gasteiger partial charge >= 0.3 is 0 Å². The van der Waals surface area contributed by atoms with Crippen LogP contribution in [-0.2, 0) is 0 Å². The molecule has 3 nitrogen and oxygen atoms in total. The zero-order valence-electron chi connectivity index (χ0n) is 8.83. The van der Waals surface area contributed by atoms with Crippen molar-refractivity contribution in [2.24, 2.45) is 0 Å². The van der Waals surface area contributed by atoms with Gasteiger partial charge in [-0.2, -0.15) is 0 Å². The highest BCUT2D eigenvalue weighted by molar-refractivity contribution is 5.93. The average Bonchev–Trinajstić information content (AvgIpc) is 2.83. The van der Waals surface area contributed by atoms with Crippen LogP contribution >= 0.6 is 0 Å². The minimum absolute atomic E-state index is 0.00806. The second kappa shape index (κ2) is 3.23. The Balaban J connectivity index is 2.46. The number of hydrogen-bond donors (Lipinski definition) is 0. The van der Waals surface area contributed by atoms with Crippen LogP contribution in [0, 0.1) is 0 Å². The SMILES string of the molecule is CC(=O)c1onc(C(C)C)c1C1CC1. The van der Waals surface area contributed by atoms with Gasteiger partial charge in [-0.05, 0) is 24.7 Å². The summed E-state index contributed by atoms with van der Waals surface area (Å²) in [5, 5.41) is 4.00. The molecule has 1 aliphatic carbocycles. The molecular weight excluding hydrogens is 178 g/mol. The van der Waals surface area contributed by atoms with E-state index in [1.807, 2.05) is 0 Å². The molecule has 2 rings (SSSR count). The van der Waals surface area contributed by atoms with Crippen LogP contribution in [0.5, 0.6) is 0 Å². The van der Waals surface area contributed by atoms with Crippen molar-refractivity contribution in [3.8, 4) is 0 Å². The normalized spacial score (nSPS) is 16.3. The Morgan fingerprint density at radius 1 is 1.50 bits per heavy atom. The predicted molar refractivity (Wildman–Crippen MR) is 52.6 cm³/mol. The van der Waals surface area contributed by atoms with Crippen LogP contribution in [0.2, 0.25) is 0 Å². The molecule has 0 N–H and O–H groups in total. The highest BCUT2D eigenvalue weighted by atomic mass is 16.5. The number of Topliss-reactive ketones (excluding diaryl/α,β-unsaturated/α-hetero) is 1. The summed E-state index contributed by atoms with van der Waals surface area (Å²) < 4.78 is 5.12. The number of nitrogens with zero attached hydrogens (tertiary/aromatic N) is 1. The van der Waals surface area contributed by atoms with Crippen LogP contribution in [0.4, 0.5) is 0 Å². The lowest BCUT2D eigenvalue weighted by atomic mass is 9.99. The summed E-state index contributed by atoms with van der Waals surface area (Å²) in [6.07, 6.45) is 2.34. The molecule has 1 saturated carbocycles. The molecule has 0 aliphatic heterocycles. The number of aromatic nitrogens is 1. The molecule has 0 radical (unpaired) electrons. The molecule has 1 aromatic rings. The van der Waals surface area contributed by atoms with E-state index in [-0.39, 0.29) is 5.78 Å². The third kappa shape index (κ3) is 1.47. The Bertz CT molecular complexity index is 361. The summed E-state index contributed by atoms with van der Waals surface area (Å²) in [7, 11) is 0. The number of hydrogen-bond acceptors (Lipinski definition) is 3. The van der Waals surface area contributed by atoms with Crippen LogP contribution in [0.25, 0.3) is 0 Å². The summed E-state index contributed by atoms with van der Waals surface area (Å²) in [6, 6.07) is 0. The van der Waals surface area contributed by atoms with Gasteiger partial charge in [0.25, 0.3) is 0 Å². The molecule has 0 spiro atoms. The molecule has 0 aromatic carbocycles. The number of carbonyl (C=O) groups excluding carboxylic acids is 1. The van der Waals surface area contributed by atoms with Crippen molar-refractivity contribution in [2.45, 2.75) is 45.4 Å². The molecule has 0 atom stereocenters. The van der Waals surface area contributed by atoms with E-state index in [1.54, 1.807) is 0 Å². The van der Waals surface area contributed by atoms with Gasteiger partial charge in [-0.15, -0.1) is 0 Å². The molecule has 14 heavy (non-hydrogen) atoms. The van der Waals surface area contributed by atoms with Gasteiger partial charge in [-0.1, -0.05) is 19.0 Å². The van der Waals surface area contributed by atoms with Gasteiger partial charge in [0.1, 0.15) is 0 Å². The Hall–Kier alpha value is -1.12. The molecule has 0 saturated heterocycles. The largest absolute Gasteiger partial charge is 0.353 e. The third-order valence-electron chi connectivity index (χ3n) is 2.61. The van der Waals surface area contributed by atoms with Crippen molar-refractivity contribution in [2.75, 3.05) is 0 Å². The van der Waals surface area contributed by atoms with Crippen molar-refractivity contribution in [3.63, 3.8) is 0 Å². The zero-order chi connectivity index (χ0) is 10.3. The van der Waals surface area contributed by atoms with Crippen LogP contribution in [0.1, 0.15) is 67.3 Å². The maximum absolute atomic E-state index is 11.3. The molecule has 1 aliphatic rings. The Labute approximate surface area is 83.5 Å². The van der Waals surface area contributed by atoms with Crippen LogP contribution in [-0.4, -0.2) is 10.9 Å². The van der Waals surface area contributed by atoms with E-state index in [9.17, 15) is 4.79 Å². The molecular formula is C11H15NO2. The fraction of sp³-hybridized carbons (Fsp3) is 0.636. The first kappa shape index (κ1) is 9.44. The summed E-state index contributed by atoms with van der Waals surface area (Å²) in [6.45, 7) is 5.69. The highest BCUT2D eigenvalue weighted by Crippen LogP contribution is 2.44. The van der Waals surface area contributed by atoms with E-state index in [0.29, 0.717) is 17.6 Å². The molecule has 1 fully saturated rings. The minimum atomic E-state index is -0.00806.